The fraction of sp³-hybridized carbons (Fsp3) is 0.455. The van der Waals surface area contributed by atoms with E-state index >= 15 is 0 Å². The number of benzene rings is 1. The van der Waals surface area contributed by atoms with Gasteiger partial charge in [0.25, 0.3) is 5.69 Å². The molecule has 2 rings (SSSR count). The highest BCUT2D eigenvalue weighted by atomic mass is 79.9. The van der Waals surface area contributed by atoms with Crippen LogP contribution in [0.25, 0.3) is 0 Å². The molecule has 1 aliphatic carbocycles. The number of nitro benzene ring substituents is 1. The number of anilines is 1. The summed E-state index contributed by atoms with van der Waals surface area (Å²) in [5.74, 6) is 0. The molecule has 1 aromatic carbocycles. The minimum absolute atomic E-state index is 0.0974. The summed E-state index contributed by atoms with van der Waals surface area (Å²) in [5.41, 5.74) is 0.665. The number of nitro groups is 1. The van der Waals surface area contributed by atoms with E-state index in [2.05, 4.69) is 21.2 Å². The minimum atomic E-state index is -0.375. The Morgan fingerprint density at radius 2 is 2.24 bits per heavy atom. The Morgan fingerprint density at radius 1 is 1.53 bits per heavy atom. The van der Waals surface area contributed by atoms with E-state index in [1.165, 1.54) is 6.07 Å². The predicted molar refractivity (Wildman–Crippen MR) is 68.2 cm³/mol. The topological polar surface area (TPSA) is 64.4 Å². The first kappa shape index (κ1) is 12.3. The molecule has 1 aromatic rings. The Bertz CT molecular complexity index is 433. The maximum atomic E-state index is 10.9. The van der Waals surface area contributed by atoms with Crippen molar-refractivity contribution in [3.05, 3.63) is 32.8 Å². The Balaban J connectivity index is 2.08. The minimum Gasteiger partial charge on any atom is -0.381 e. The van der Waals surface area contributed by atoms with Gasteiger partial charge in [-0.15, -0.1) is 0 Å². The summed E-state index contributed by atoms with van der Waals surface area (Å²) in [6, 6.07) is 5.29. The third-order valence-electron chi connectivity index (χ3n) is 2.94. The molecule has 0 radical (unpaired) electrons. The molecule has 92 valence electrons. The summed E-state index contributed by atoms with van der Waals surface area (Å²) >= 11 is 3.23. The zero-order valence-corrected chi connectivity index (χ0v) is 10.9. The zero-order valence-electron chi connectivity index (χ0n) is 9.35. The molecule has 17 heavy (non-hydrogen) atoms. The van der Waals surface area contributed by atoms with Crippen LogP contribution in [0.15, 0.2) is 22.7 Å². The predicted octanol–water partition coefficient (Wildman–Crippen LogP) is 2.95. The van der Waals surface area contributed by atoms with E-state index in [4.69, 9.17) is 4.74 Å². The smallest absolute Gasteiger partial charge is 0.293 e. The molecule has 0 aliphatic heterocycles. The number of ether oxygens (including phenoxy) is 1. The summed E-state index contributed by atoms with van der Waals surface area (Å²) in [6.45, 7) is 0. The summed E-state index contributed by atoms with van der Waals surface area (Å²) in [5, 5.41) is 14.1. The largest absolute Gasteiger partial charge is 0.381 e. The van der Waals surface area contributed by atoms with Crippen LogP contribution in [0.3, 0.4) is 0 Å². The Kier molecular flexibility index (Phi) is 3.63. The number of halogens is 1. The van der Waals surface area contributed by atoms with Gasteiger partial charge in [0.1, 0.15) is 5.69 Å². The second-order valence-corrected chi connectivity index (χ2v) is 5.00. The van der Waals surface area contributed by atoms with Crippen molar-refractivity contribution in [3.8, 4) is 0 Å². The molecule has 0 atom stereocenters. The lowest BCUT2D eigenvalue weighted by Gasteiger charge is -2.35. The van der Waals surface area contributed by atoms with Gasteiger partial charge in [-0.05, 0) is 25.0 Å². The van der Waals surface area contributed by atoms with Gasteiger partial charge in [0.15, 0.2) is 0 Å². The zero-order chi connectivity index (χ0) is 12.4. The van der Waals surface area contributed by atoms with E-state index in [1.54, 1.807) is 19.2 Å². The van der Waals surface area contributed by atoms with E-state index in [0.717, 1.165) is 12.8 Å². The summed E-state index contributed by atoms with van der Waals surface area (Å²) in [6.07, 6.45) is 2.06. The van der Waals surface area contributed by atoms with Crippen molar-refractivity contribution in [2.45, 2.75) is 25.0 Å². The van der Waals surface area contributed by atoms with Gasteiger partial charge < -0.3 is 10.1 Å². The maximum absolute atomic E-state index is 10.9. The van der Waals surface area contributed by atoms with Crippen molar-refractivity contribution < 1.29 is 9.66 Å². The van der Waals surface area contributed by atoms with Crippen LogP contribution in [-0.2, 0) is 4.74 Å². The molecule has 0 aromatic heterocycles. The van der Waals surface area contributed by atoms with Crippen molar-refractivity contribution in [1.82, 2.24) is 0 Å². The van der Waals surface area contributed by atoms with Crippen molar-refractivity contribution in [3.63, 3.8) is 0 Å². The summed E-state index contributed by atoms with van der Waals surface area (Å²) < 4.78 is 5.88. The lowest BCUT2D eigenvalue weighted by atomic mass is 9.89. The number of hydrogen-bond donors (Lipinski definition) is 1. The number of methoxy groups -OCH3 is 1. The van der Waals surface area contributed by atoms with Gasteiger partial charge in [0, 0.05) is 23.7 Å². The van der Waals surface area contributed by atoms with Crippen molar-refractivity contribution >= 4 is 27.3 Å². The molecule has 0 unspecified atom stereocenters. The normalized spacial score (nSPS) is 22.9. The molecule has 1 N–H and O–H groups in total. The Hall–Kier alpha value is -1.14. The fourth-order valence-corrected chi connectivity index (χ4v) is 2.22. The maximum Gasteiger partial charge on any atom is 0.293 e. The van der Waals surface area contributed by atoms with Crippen molar-refractivity contribution in [2.24, 2.45) is 0 Å². The van der Waals surface area contributed by atoms with Crippen LogP contribution in [0.1, 0.15) is 12.8 Å². The molecule has 0 bridgehead atoms. The van der Waals surface area contributed by atoms with Crippen molar-refractivity contribution in [1.29, 1.82) is 0 Å². The first-order valence-electron chi connectivity index (χ1n) is 5.33. The van der Waals surface area contributed by atoms with Crippen LogP contribution >= 0.6 is 15.9 Å². The van der Waals surface area contributed by atoms with Gasteiger partial charge in [-0.3, -0.25) is 10.1 Å². The van der Waals surface area contributed by atoms with Gasteiger partial charge >= 0.3 is 0 Å². The molecular weight excluding hydrogens is 288 g/mol. The molecule has 0 spiro atoms. The van der Waals surface area contributed by atoms with E-state index < -0.39 is 0 Å². The van der Waals surface area contributed by atoms with Gasteiger partial charge in [0.05, 0.1) is 11.0 Å². The van der Waals surface area contributed by atoms with Crippen LogP contribution in [-0.4, -0.2) is 24.2 Å². The molecule has 0 amide bonds. The lowest BCUT2D eigenvalue weighted by molar-refractivity contribution is -0.384. The van der Waals surface area contributed by atoms with Gasteiger partial charge in [-0.1, -0.05) is 15.9 Å². The number of nitrogens with zero attached hydrogens (tertiary/aromatic N) is 1. The molecule has 6 heteroatoms. The Morgan fingerprint density at radius 3 is 2.82 bits per heavy atom. The second kappa shape index (κ2) is 5.01. The van der Waals surface area contributed by atoms with E-state index in [0.29, 0.717) is 10.2 Å². The van der Waals surface area contributed by atoms with Crippen LogP contribution in [0.5, 0.6) is 0 Å². The van der Waals surface area contributed by atoms with E-state index in [-0.39, 0.29) is 22.8 Å². The SMILES string of the molecule is CO[C@H]1C[C@H](Nc2ccc(Br)cc2[N+](=O)[O-])C1. The molecule has 1 saturated carbocycles. The first-order chi connectivity index (χ1) is 8.10. The average Bonchev–Trinajstić information content (AvgIpc) is 2.24. The van der Waals surface area contributed by atoms with Gasteiger partial charge in [-0.2, -0.15) is 0 Å². The van der Waals surface area contributed by atoms with Crippen LogP contribution in [0, 0.1) is 10.1 Å². The number of hydrogen-bond acceptors (Lipinski definition) is 4. The molecule has 0 heterocycles. The highest BCUT2D eigenvalue weighted by molar-refractivity contribution is 9.10. The van der Waals surface area contributed by atoms with Gasteiger partial charge in [-0.25, -0.2) is 0 Å². The molecule has 0 saturated heterocycles. The van der Waals surface area contributed by atoms with Crippen LogP contribution in [0.4, 0.5) is 11.4 Å². The summed E-state index contributed by atoms with van der Waals surface area (Å²) in [4.78, 5) is 10.5. The molecule has 5 nitrogen and oxygen atoms in total. The molecule has 1 fully saturated rings. The van der Waals surface area contributed by atoms with Gasteiger partial charge in [0.2, 0.25) is 0 Å². The van der Waals surface area contributed by atoms with E-state index in [9.17, 15) is 10.1 Å². The van der Waals surface area contributed by atoms with Crippen LogP contribution < -0.4 is 5.32 Å². The molecular formula is C11H13BrN2O3. The standard InChI is InChI=1S/C11H13BrN2O3/c1-17-9-5-8(6-9)13-10-3-2-7(12)4-11(10)14(15)16/h2-4,8-9,13H,5-6H2,1H3/t8-,9-. The highest BCUT2D eigenvalue weighted by Gasteiger charge is 2.30. The lowest BCUT2D eigenvalue weighted by Crippen LogP contribution is -2.40. The fourth-order valence-electron chi connectivity index (χ4n) is 1.87. The quantitative estimate of drug-likeness (QED) is 0.686. The molecule has 1 aliphatic rings. The third-order valence-corrected chi connectivity index (χ3v) is 3.44. The average molecular weight is 301 g/mol. The Labute approximate surface area is 107 Å². The first-order valence-corrected chi connectivity index (χ1v) is 6.12. The highest BCUT2D eigenvalue weighted by Crippen LogP contribution is 2.32. The summed E-state index contributed by atoms with van der Waals surface area (Å²) in [7, 11) is 1.68. The van der Waals surface area contributed by atoms with Crippen molar-refractivity contribution in [2.75, 3.05) is 12.4 Å². The number of rotatable bonds is 4. The third kappa shape index (κ3) is 2.76. The van der Waals surface area contributed by atoms with Crippen LogP contribution in [0.2, 0.25) is 0 Å². The monoisotopic (exact) mass is 300 g/mol. The second-order valence-electron chi connectivity index (χ2n) is 4.09. The van der Waals surface area contributed by atoms with E-state index in [1.807, 2.05) is 0 Å². The number of nitrogens with one attached hydrogen (secondary N) is 1.